The van der Waals surface area contributed by atoms with Gasteiger partial charge in [0.25, 0.3) is 0 Å². The molecule has 3 nitrogen and oxygen atoms in total. The maximum absolute atomic E-state index is 4.16. The van der Waals surface area contributed by atoms with Gasteiger partial charge in [-0.25, -0.2) is 0 Å². The second kappa shape index (κ2) is 5.31. The minimum Gasteiger partial charge on any atom is -0.311 e. The maximum Gasteiger partial charge on any atom is 0.0492 e. The topological polar surface area (TPSA) is 29.9 Å². The number of nitrogens with one attached hydrogen (secondary N) is 1. The summed E-state index contributed by atoms with van der Waals surface area (Å²) in [6.07, 6.45) is 5.35. The zero-order valence-electron chi connectivity index (χ0n) is 10.4. The number of hydrogen-bond donors (Lipinski definition) is 1. The molecule has 0 spiro atoms. The van der Waals surface area contributed by atoms with Gasteiger partial charge in [-0.05, 0) is 26.3 Å². The van der Waals surface area contributed by atoms with Crippen molar-refractivity contribution in [2.75, 3.05) is 6.54 Å². The number of aromatic nitrogens is 2. The van der Waals surface area contributed by atoms with Crippen LogP contribution in [0.2, 0.25) is 0 Å². The molecule has 1 rings (SSSR count). The van der Waals surface area contributed by atoms with Crippen LogP contribution < -0.4 is 5.32 Å². The fourth-order valence-corrected chi connectivity index (χ4v) is 1.89. The van der Waals surface area contributed by atoms with E-state index in [-0.39, 0.29) is 5.54 Å². The zero-order chi connectivity index (χ0) is 11.3. The largest absolute Gasteiger partial charge is 0.311 e. The summed E-state index contributed by atoms with van der Waals surface area (Å²) < 4.78 is 1.94. The number of aryl methyl sites for hydroxylation is 1. The third kappa shape index (κ3) is 4.04. The molecule has 0 saturated carbocycles. The van der Waals surface area contributed by atoms with Crippen LogP contribution >= 0.6 is 0 Å². The van der Waals surface area contributed by atoms with Gasteiger partial charge in [0.05, 0.1) is 0 Å². The Balaban J connectivity index is 2.30. The first-order chi connectivity index (χ1) is 7.05. The van der Waals surface area contributed by atoms with Gasteiger partial charge in [0, 0.05) is 37.4 Å². The van der Waals surface area contributed by atoms with Crippen molar-refractivity contribution in [2.45, 2.75) is 45.6 Å². The smallest absolute Gasteiger partial charge is 0.0492 e. The Hall–Kier alpha value is -0.830. The molecule has 0 saturated heterocycles. The second-order valence-electron chi connectivity index (χ2n) is 4.76. The highest BCUT2D eigenvalue weighted by molar-refractivity contribution is 5.00. The lowest BCUT2D eigenvalue weighted by Crippen LogP contribution is -2.40. The van der Waals surface area contributed by atoms with Crippen molar-refractivity contribution in [3.63, 3.8) is 0 Å². The molecule has 0 bridgehead atoms. The van der Waals surface area contributed by atoms with E-state index in [4.69, 9.17) is 0 Å². The predicted molar refractivity (Wildman–Crippen MR) is 63.9 cm³/mol. The van der Waals surface area contributed by atoms with Crippen LogP contribution in [0.15, 0.2) is 12.3 Å². The third-order valence-electron chi connectivity index (χ3n) is 2.78. The van der Waals surface area contributed by atoms with Crippen molar-refractivity contribution in [3.05, 3.63) is 18.0 Å². The third-order valence-corrected chi connectivity index (χ3v) is 2.78. The first kappa shape index (κ1) is 12.2. The summed E-state index contributed by atoms with van der Waals surface area (Å²) in [6.45, 7) is 7.77. The van der Waals surface area contributed by atoms with Gasteiger partial charge in [-0.2, -0.15) is 5.10 Å². The fourth-order valence-electron chi connectivity index (χ4n) is 1.89. The summed E-state index contributed by atoms with van der Waals surface area (Å²) in [5, 5.41) is 7.74. The summed E-state index contributed by atoms with van der Waals surface area (Å²) >= 11 is 0. The molecule has 0 aliphatic heterocycles. The Kier molecular flexibility index (Phi) is 4.33. The van der Waals surface area contributed by atoms with Crippen LogP contribution in [0.1, 0.15) is 39.3 Å². The summed E-state index contributed by atoms with van der Waals surface area (Å²) in [7, 11) is 1.99. The van der Waals surface area contributed by atoms with E-state index in [0.717, 1.165) is 13.0 Å². The van der Waals surface area contributed by atoms with E-state index < -0.39 is 0 Å². The van der Waals surface area contributed by atoms with Crippen LogP contribution in [0, 0.1) is 0 Å². The van der Waals surface area contributed by atoms with Crippen LogP contribution in [0.5, 0.6) is 0 Å². The van der Waals surface area contributed by atoms with Crippen LogP contribution in [0.3, 0.4) is 0 Å². The van der Waals surface area contributed by atoms with Crippen LogP contribution in [0.4, 0.5) is 0 Å². The van der Waals surface area contributed by atoms with Crippen LogP contribution in [0.25, 0.3) is 0 Å². The van der Waals surface area contributed by atoms with E-state index in [9.17, 15) is 0 Å². The molecule has 15 heavy (non-hydrogen) atoms. The Morgan fingerprint density at radius 2 is 2.20 bits per heavy atom. The van der Waals surface area contributed by atoms with Gasteiger partial charge in [-0.1, -0.05) is 13.3 Å². The van der Waals surface area contributed by atoms with Crippen molar-refractivity contribution in [1.29, 1.82) is 0 Å². The van der Waals surface area contributed by atoms with Gasteiger partial charge in [-0.15, -0.1) is 0 Å². The highest BCUT2D eigenvalue weighted by Crippen LogP contribution is 2.10. The van der Waals surface area contributed by atoms with Gasteiger partial charge in [-0.3, -0.25) is 4.68 Å². The number of nitrogens with zero attached hydrogens (tertiary/aromatic N) is 2. The highest BCUT2D eigenvalue weighted by Gasteiger charge is 2.14. The summed E-state index contributed by atoms with van der Waals surface area (Å²) in [4.78, 5) is 0. The minimum absolute atomic E-state index is 0.257. The molecule has 0 fully saturated rings. The zero-order valence-corrected chi connectivity index (χ0v) is 10.4. The van der Waals surface area contributed by atoms with E-state index in [1.165, 1.54) is 18.5 Å². The normalized spacial score (nSPS) is 12.0. The molecule has 86 valence electrons. The monoisotopic (exact) mass is 209 g/mol. The summed E-state index contributed by atoms with van der Waals surface area (Å²) in [5.41, 5.74) is 1.54. The van der Waals surface area contributed by atoms with Gasteiger partial charge in [0.15, 0.2) is 0 Å². The first-order valence-electron chi connectivity index (χ1n) is 5.77. The van der Waals surface area contributed by atoms with Crippen molar-refractivity contribution in [1.82, 2.24) is 15.1 Å². The quantitative estimate of drug-likeness (QED) is 0.778. The molecule has 1 aromatic heterocycles. The predicted octanol–water partition coefficient (Wildman–Crippen LogP) is 2.13. The van der Waals surface area contributed by atoms with Gasteiger partial charge in [0.2, 0.25) is 0 Å². The average Bonchev–Trinajstić information content (AvgIpc) is 2.51. The molecular weight excluding hydrogens is 186 g/mol. The lowest BCUT2D eigenvalue weighted by Gasteiger charge is -2.25. The van der Waals surface area contributed by atoms with E-state index in [2.05, 4.69) is 37.3 Å². The molecule has 0 radical (unpaired) electrons. The Morgan fingerprint density at radius 3 is 2.73 bits per heavy atom. The standard InChI is InChI=1S/C12H23N3/c1-5-8-12(2,3)13-9-6-11-7-10-14-15(11)4/h7,10,13H,5-6,8-9H2,1-4H3. The van der Waals surface area contributed by atoms with Crippen molar-refractivity contribution >= 4 is 0 Å². The molecule has 0 amide bonds. The first-order valence-corrected chi connectivity index (χ1v) is 5.77. The molecule has 3 heteroatoms. The molecule has 0 aliphatic carbocycles. The summed E-state index contributed by atoms with van der Waals surface area (Å²) in [6, 6.07) is 2.08. The minimum atomic E-state index is 0.257. The molecule has 0 aliphatic rings. The molecule has 1 N–H and O–H groups in total. The lowest BCUT2D eigenvalue weighted by molar-refractivity contribution is 0.360. The lowest BCUT2D eigenvalue weighted by atomic mass is 9.99. The Morgan fingerprint density at radius 1 is 1.47 bits per heavy atom. The molecular formula is C12H23N3. The van der Waals surface area contributed by atoms with Gasteiger partial charge >= 0.3 is 0 Å². The second-order valence-corrected chi connectivity index (χ2v) is 4.76. The molecule has 0 atom stereocenters. The van der Waals surface area contributed by atoms with Crippen molar-refractivity contribution < 1.29 is 0 Å². The highest BCUT2D eigenvalue weighted by atomic mass is 15.3. The Labute approximate surface area is 92.9 Å². The van der Waals surface area contributed by atoms with Crippen molar-refractivity contribution in [3.8, 4) is 0 Å². The summed E-state index contributed by atoms with van der Waals surface area (Å²) in [5.74, 6) is 0. The van der Waals surface area contributed by atoms with E-state index >= 15 is 0 Å². The van der Waals surface area contributed by atoms with E-state index in [1.807, 2.05) is 17.9 Å². The molecule has 0 unspecified atom stereocenters. The van der Waals surface area contributed by atoms with Crippen LogP contribution in [-0.2, 0) is 13.5 Å². The molecule has 0 aromatic carbocycles. The SMILES string of the molecule is CCCC(C)(C)NCCc1ccnn1C. The van der Waals surface area contributed by atoms with E-state index in [0.29, 0.717) is 0 Å². The van der Waals surface area contributed by atoms with Gasteiger partial charge < -0.3 is 5.32 Å². The van der Waals surface area contributed by atoms with Crippen molar-refractivity contribution in [2.24, 2.45) is 7.05 Å². The van der Waals surface area contributed by atoms with Gasteiger partial charge in [0.1, 0.15) is 0 Å². The number of rotatable bonds is 6. The molecule has 1 heterocycles. The Bertz CT molecular complexity index is 289. The van der Waals surface area contributed by atoms with Crippen LogP contribution in [-0.4, -0.2) is 21.9 Å². The average molecular weight is 209 g/mol. The fraction of sp³-hybridized carbons (Fsp3) is 0.750. The maximum atomic E-state index is 4.16. The van der Waals surface area contributed by atoms with E-state index in [1.54, 1.807) is 0 Å². The number of hydrogen-bond acceptors (Lipinski definition) is 2. The molecule has 1 aromatic rings.